The molecule has 5 heteroatoms. The van der Waals surface area contributed by atoms with Crippen LogP contribution in [0, 0.1) is 11.3 Å². The Morgan fingerprint density at radius 3 is 2.65 bits per heavy atom. The fourth-order valence-electron chi connectivity index (χ4n) is 4.82. The third-order valence-electron chi connectivity index (χ3n) is 6.56. The summed E-state index contributed by atoms with van der Waals surface area (Å²) in [5, 5.41) is 4.52. The number of nitrogens with one attached hydrogen (secondary N) is 1. The van der Waals surface area contributed by atoms with E-state index in [9.17, 15) is 0 Å². The van der Waals surface area contributed by atoms with Gasteiger partial charge in [-0.2, -0.15) is 0 Å². The number of hydrogen-bond donors (Lipinski definition) is 2. The summed E-state index contributed by atoms with van der Waals surface area (Å²) in [6, 6.07) is 8.67. The maximum atomic E-state index is 7.25. The summed E-state index contributed by atoms with van der Waals surface area (Å²) < 4.78 is 0. The van der Waals surface area contributed by atoms with Crippen LogP contribution < -0.4 is 11.1 Å². The molecule has 0 radical (unpaired) electrons. The average Bonchev–Trinajstić information content (AvgIpc) is 3.48. The van der Waals surface area contributed by atoms with Gasteiger partial charge in [0.2, 0.25) is 0 Å². The second-order valence-electron chi connectivity index (χ2n) is 8.17. The van der Waals surface area contributed by atoms with Gasteiger partial charge >= 0.3 is 0 Å². The van der Waals surface area contributed by atoms with Gasteiger partial charge in [-0.1, -0.05) is 24.3 Å². The molecule has 1 aromatic heterocycles. The normalized spacial score (nSPS) is 26.8. The van der Waals surface area contributed by atoms with E-state index in [0.29, 0.717) is 0 Å². The molecule has 2 fully saturated rings. The molecule has 3 N–H and O–H groups in total. The van der Waals surface area contributed by atoms with Crippen molar-refractivity contribution in [2.24, 2.45) is 17.1 Å². The number of rotatable bonds is 4. The second kappa shape index (κ2) is 6.32. The zero-order valence-corrected chi connectivity index (χ0v) is 15.9. The van der Waals surface area contributed by atoms with Crippen LogP contribution in [-0.2, 0) is 12.0 Å². The van der Waals surface area contributed by atoms with Crippen LogP contribution in [0.3, 0.4) is 0 Å². The topological polar surface area (TPSA) is 63.8 Å². The van der Waals surface area contributed by atoms with E-state index in [1.807, 2.05) is 24.2 Å². The first-order valence-electron chi connectivity index (χ1n) is 9.75. The lowest BCUT2D eigenvalue weighted by atomic mass is 9.63. The number of thioether (sulfide) groups is 1. The lowest BCUT2D eigenvalue weighted by Gasteiger charge is -2.46. The third kappa shape index (κ3) is 2.60. The molecule has 136 valence electrons. The van der Waals surface area contributed by atoms with E-state index in [0.717, 1.165) is 49.0 Å². The number of aromatic nitrogens is 2. The number of hydrogen-bond acceptors (Lipinski definition) is 5. The van der Waals surface area contributed by atoms with Gasteiger partial charge in [0, 0.05) is 11.2 Å². The molecule has 1 aliphatic heterocycles. The molecule has 1 aromatic carbocycles. The van der Waals surface area contributed by atoms with Crippen molar-refractivity contribution in [1.82, 2.24) is 15.3 Å². The van der Waals surface area contributed by atoms with Crippen LogP contribution in [0.5, 0.6) is 0 Å². The van der Waals surface area contributed by atoms with Crippen LogP contribution in [0.25, 0.3) is 0 Å². The highest BCUT2D eigenvalue weighted by atomic mass is 32.2. The lowest BCUT2D eigenvalue weighted by Crippen LogP contribution is -2.55. The Bertz CT molecular complexity index is 796. The molecule has 3 aliphatic rings. The summed E-state index contributed by atoms with van der Waals surface area (Å²) >= 11 is 1.83. The molecule has 5 rings (SSSR count). The number of nitrogens with zero attached hydrogens (tertiary/aromatic N) is 2. The summed E-state index contributed by atoms with van der Waals surface area (Å²) in [5.74, 6) is 2.06. The summed E-state index contributed by atoms with van der Waals surface area (Å²) in [7, 11) is 0. The zero-order chi connectivity index (χ0) is 17.6. The number of piperidine rings is 1. The molecule has 0 amide bonds. The first kappa shape index (κ1) is 16.7. The van der Waals surface area contributed by atoms with Gasteiger partial charge in [0.1, 0.15) is 5.03 Å². The van der Waals surface area contributed by atoms with Gasteiger partial charge in [-0.25, -0.2) is 4.98 Å². The maximum Gasteiger partial charge on any atom is 0.114 e. The maximum absolute atomic E-state index is 7.25. The summed E-state index contributed by atoms with van der Waals surface area (Å²) in [4.78, 5) is 9.57. The van der Waals surface area contributed by atoms with Gasteiger partial charge in [0.15, 0.2) is 0 Å². The molecule has 1 spiro atoms. The van der Waals surface area contributed by atoms with Crippen molar-refractivity contribution in [2.45, 2.75) is 42.7 Å². The van der Waals surface area contributed by atoms with E-state index >= 15 is 0 Å². The minimum Gasteiger partial charge on any atom is -0.317 e. The Morgan fingerprint density at radius 1 is 1.12 bits per heavy atom. The molecular weight excluding hydrogens is 340 g/mol. The minimum absolute atomic E-state index is 0.0410. The minimum atomic E-state index is -0.543. The zero-order valence-electron chi connectivity index (χ0n) is 15.1. The average molecular weight is 367 g/mol. The van der Waals surface area contributed by atoms with Crippen LogP contribution in [0.4, 0.5) is 0 Å². The molecular formula is C21H26N4S. The molecule has 2 aliphatic carbocycles. The quantitative estimate of drug-likeness (QED) is 0.814. The van der Waals surface area contributed by atoms with Gasteiger partial charge in [-0.05, 0) is 62.2 Å². The van der Waals surface area contributed by atoms with E-state index in [-0.39, 0.29) is 5.41 Å². The first-order valence-corrected chi connectivity index (χ1v) is 10.7. The predicted molar refractivity (Wildman–Crippen MR) is 105 cm³/mol. The molecule has 1 saturated carbocycles. The Morgan fingerprint density at radius 2 is 1.92 bits per heavy atom. The summed E-state index contributed by atoms with van der Waals surface area (Å²) in [5.41, 5.74) is 10.3. The standard InChI is InChI=1S/C21H26N4S/c22-21(18-12-25-19(13-24-18)26-14-15-5-6-15)17-4-2-1-3-16(17)11-20(21)7-9-23-10-8-20/h1-4,12-13,15,23H,5-11,14,22H2/t21-/m0/s1. The molecule has 2 heterocycles. The van der Waals surface area contributed by atoms with Crippen LogP contribution in [-0.4, -0.2) is 28.8 Å². The highest BCUT2D eigenvalue weighted by molar-refractivity contribution is 7.99. The van der Waals surface area contributed by atoms with Crippen LogP contribution in [0.2, 0.25) is 0 Å². The molecule has 26 heavy (non-hydrogen) atoms. The summed E-state index contributed by atoms with van der Waals surface area (Å²) in [6.45, 7) is 2.05. The number of fused-ring (bicyclic) bond motifs is 1. The van der Waals surface area contributed by atoms with Crippen molar-refractivity contribution in [3.05, 3.63) is 53.5 Å². The highest BCUT2D eigenvalue weighted by Gasteiger charge is 2.57. The van der Waals surface area contributed by atoms with E-state index in [1.54, 1.807) is 0 Å². The number of nitrogens with two attached hydrogens (primary N) is 1. The largest absolute Gasteiger partial charge is 0.317 e. The third-order valence-corrected chi connectivity index (χ3v) is 7.71. The smallest absolute Gasteiger partial charge is 0.114 e. The SMILES string of the molecule is N[C@]1(c2cnc(SCC3CC3)cn2)c2ccccc2CC12CCNCC2. The van der Waals surface area contributed by atoms with Crippen molar-refractivity contribution < 1.29 is 0 Å². The monoisotopic (exact) mass is 366 g/mol. The van der Waals surface area contributed by atoms with Crippen LogP contribution in [0.15, 0.2) is 41.7 Å². The van der Waals surface area contributed by atoms with Gasteiger partial charge in [-0.3, -0.25) is 4.98 Å². The van der Waals surface area contributed by atoms with Gasteiger partial charge in [0.25, 0.3) is 0 Å². The Kier molecular flexibility index (Phi) is 4.07. The van der Waals surface area contributed by atoms with Gasteiger partial charge in [0.05, 0.1) is 23.6 Å². The summed E-state index contributed by atoms with van der Waals surface area (Å²) in [6.07, 6.45) is 9.83. The predicted octanol–water partition coefficient (Wildman–Crippen LogP) is 3.11. The van der Waals surface area contributed by atoms with Gasteiger partial charge in [-0.15, -0.1) is 11.8 Å². The van der Waals surface area contributed by atoms with E-state index < -0.39 is 5.54 Å². The van der Waals surface area contributed by atoms with Crippen LogP contribution >= 0.6 is 11.8 Å². The molecule has 0 bridgehead atoms. The highest BCUT2D eigenvalue weighted by Crippen LogP contribution is 2.56. The molecule has 1 atom stereocenters. The van der Waals surface area contributed by atoms with E-state index in [1.165, 1.54) is 29.7 Å². The molecule has 2 aromatic rings. The first-order chi connectivity index (χ1) is 12.7. The van der Waals surface area contributed by atoms with Gasteiger partial charge < -0.3 is 11.1 Å². The van der Waals surface area contributed by atoms with Crippen molar-refractivity contribution in [1.29, 1.82) is 0 Å². The fourth-order valence-corrected chi connectivity index (χ4v) is 5.81. The van der Waals surface area contributed by atoms with Crippen molar-refractivity contribution in [3.63, 3.8) is 0 Å². The fraction of sp³-hybridized carbons (Fsp3) is 0.524. The van der Waals surface area contributed by atoms with Crippen LogP contribution in [0.1, 0.15) is 42.5 Å². The van der Waals surface area contributed by atoms with E-state index in [2.05, 4.69) is 29.6 Å². The second-order valence-corrected chi connectivity index (χ2v) is 9.21. The van der Waals surface area contributed by atoms with Crippen molar-refractivity contribution in [3.8, 4) is 0 Å². The van der Waals surface area contributed by atoms with Crippen molar-refractivity contribution in [2.75, 3.05) is 18.8 Å². The Hall–Kier alpha value is -1.43. The Balaban J connectivity index is 1.52. The number of benzene rings is 1. The molecule has 0 unspecified atom stereocenters. The lowest BCUT2D eigenvalue weighted by molar-refractivity contribution is 0.117. The van der Waals surface area contributed by atoms with Crippen molar-refractivity contribution >= 4 is 11.8 Å². The Labute approximate surface area is 159 Å². The molecule has 1 saturated heterocycles. The van der Waals surface area contributed by atoms with E-state index in [4.69, 9.17) is 15.7 Å². The molecule has 4 nitrogen and oxygen atoms in total.